The molecule has 2 heteroatoms. The van der Waals surface area contributed by atoms with Crippen LogP contribution in [0.3, 0.4) is 0 Å². The molecular weight excluding hydrogens is 232 g/mol. The fraction of sp³-hybridized carbons (Fsp3) is 0.647. The highest BCUT2D eigenvalue weighted by Gasteiger charge is 2.13. The van der Waals surface area contributed by atoms with Crippen LogP contribution in [0, 0.1) is 13.8 Å². The second-order valence-electron chi connectivity index (χ2n) is 5.77. The van der Waals surface area contributed by atoms with Gasteiger partial charge in [-0.25, -0.2) is 0 Å². The summed E-state index contributed by atoms with van der Waals surface area (Å²) in [6.07, 6.45) is 1.16. The summed E-state index contributed by atoms with van der Waals surface area (Å²) >= 11 is 0. The molecule has 0 aliphatic heterocycles. The first-order valence-corrected chi connectivity index (χ1v) is 7.47. The van der Waals surface area contributed by atoms with Gasteiger partial charge in [-0.05, 0) is 53.3 Å². The van der Waals surface area contributed by atoms with Gasteiger partial charge < -0.3 is 10.2 Å². The zero-order valence-corrected chi connectivity index (χ0v) is 13.5. The van der Waals surface area contributed by atoms with E-state index < -0.39 is 0 Å². The third-order valence-corrected chi connectivity index (χ3v) is 3.84. The number of benzene rings is 1. The molecule has 0 saturated carbocycles. The number of hydrogen-bond donors (Lipinski definition) is 1. The topological polar surface area (TPSA) is 15.3 Å². The monoisotopic (exact) mass is 262 g/mol. The van der Waals surface area contributed by atoms with E-state index in [2.05, 4.69) is 70.1 Å². The van der Waals surface area contributed by atoms with Crippen molar-refractivity contribution in [3.05, 3.63) is 34.9 Å². The molecule has 1 rings (SSSR count). The quantitative estimate of drug-likeness (QED) is 0.806. The van der Waals surface area contributed by atoms with Gasteiger partial charge in [-0.15, -0.1) is 0 Å². The highest BCUT2D eigenvalue weighted by Crippen LogP contribution is 2.20. The van der Waals surface area contributed by atoms with E-state index in [1.165, 1.54) is 16.7 Å². The molecule has 0 aliphatic rings. The maximum Gasteiger partial charge on any atom is 0.0329 e. The lowest BCUT2D eigenvalue weighted by molar-refractivity contribution is 0.221. The fourth-order valence-electron chi connectivity index (χ4n) is 2.77. The lowest BCUT2D eigenvalue weighted by atomic mass is 9.99. The van der Waals surface area contributed by atoms with Crippen molar-refractivity contribution in [1.82, 2.24) is 10.2 Å². The van der Waals surface area contributed by atoms with Crippen molar-refractivity contribution >= 4 is 0 Å². The predicted molar refractivity (Wildman–Crippen MR) is 84.7 cm³/mol. The Labute approximate surface area is 119 Å². The largest absolute Gasteiger partial charge is 0.313 e. The van der Waals surface area contributed by atoms with Gasteiger partial charge in [0.05, 0.1) is 0 Å². The minimum absolute atomic E-state index is 0.450. The number of nitrogens with one attached hydrogen (secondary N) is 1. The van der Waals surface area contributed by atoms with Gasteiger partial charge in [0, 0.05) is 18.6 Å². The van der Waals surface area contributed by atoms with Crippen LogP contribution in [0.4, 0.5) is 0 Å². The average molecular weight is 262 g/mol. The maximum atomic E-state index is 3.46. The number of rotatable bonds is 7. The van der Waals surface area contributed by atoms with Gasteiger partial charge >= 0.3 is 0 Å². The van der Waals surface area contributed by atoms with E-state index in [1.54, 1.807) is 0 Å². The lowest BCUT2D eigenvalue weighted by Crippen LogP contribution is -2.33. The summed E-state index contributed by atoms with van der Waals surface area (Å²) in [7, 11) is 2.06. The lowest BCUT2D eigenvalue weighted by Gasteiger charge is -2.27. The molecule has 0 saturated heterocycles. The Bertz CT molecular complexity index is 365. The van der Waals surface area contributed by atoms with Crippen LogP contribution in [0.25, 0.3) is 0 Å². The molecule has 108 valence electrons. The van der Waals surface area contributed by atoms with E-state index in [0.717, 1.165) is 19.5 Å². The highest BCUT2D eigenvalue weighted by atomic mass is 15.1. The van der Waals surface area contributed by atoms with Crippen LogP contribution < -0.4 is 5.32 Å². The van der Waals surface area contributed by atoms with Crippen LogP contribution in [0.1, 0.15) is 49.9 Å². The molecule has 0 aliphatic carbocycles. The van der Waals surface area contributed by atoms with Gasteiger partial charge in [0.1, 0.15) is 0 Å². The summed E-state index contributed by atoms with van der Waals surface area (Å²) in [6.45, 7) is 13.4. The van der Waals surface area contributed by atoms with Gasteiger partial charge in [-0.2, -0.15) is 0 Å². The molecule has 1 atom stereocenters. The van der Waals surface area contributed by atoms with Gasteiger partial charge in [0.2, 0.25) is 0 Å². The first-order chi connectivity index (χ1) is 8.97. The Hall–Kier alpha value is -0.860. The third kappa shape index (κ3) is 4.96. The van der Waals surface area contributed by atoms with Crippen molar-refractivity contribution in [1.29, 1.82) is 0 Å². The summed E-state index contributed by atoms with van der Waals surface area (Å²) < 4.78 is 0. The van der Waals surface area contributed by atoms with Crippen LogP contribution in [0.5, 0.6) is 0 Å². The van der Waals surface area contributed by atoms with Crippen molar-refractivity contribution in [3.8, 4) is 0 Å². The zero-order chi connectivity index (χ0) is 14.4. The Balaban J connectivity index is 2.72. The second kappa shape index (κ2) is 7.66. The van der Waals surface area contributed by atoms with Gasteiger partial charge in [-0.1, -0.05) is 36.2 Å². The maximum absolute atomic E-state index is 3.46. The Morgan fingerprint density at radius 2 is 1.68 bits per heavy atom. The molecule has 1 N–H and O–H groups in total. The predicted octanol–water partition coefficient (Wildman–Crippen LogP) is 3.68. The molecular formula is C17H30N2. The van der Waals surface area contributed by atoms with E-state index in [1.807, 2.05) is 0 Å². The SMILES string of the molecule is CCN(CCC(NC)c1cc(C)cc(C)c1)C(C)C. The third-order valence-electron chi connectivity index (χ3n) is 3.84. The summed E-state index contributed by atoms with van der Waals surface area (Å²) in [6, 6.07) is 7.93. The fourth-order valence-corrected chi connectivity index (χ4v) is 2.77. The molecule has 1 unspecified atom stereocenters. The molecule has 0 fully saturated rings. The molecule has 0 heterocycles. The van der Waals surface area contributed by atoms with Crippen LogP contribution in [-0.4, -0.2) is 31.1 Å². The Morgan fingerprint density at radius 3 is 2.11 bits per heavy atom. The van der Waals surface area contributed by atoms with E-state index in [-0.39, 0.29) is 0 Å². The van der Waals surface area contributed by atoms with E-state index in [4.69, 9.17) is 0 Å². The molecule has 1 aromatic rings. The second-order valence-corrected chi connectivity index (χ2v) is 5.77. The zero-order valence-electron chi connectivity index (χ0n) is 13.5. The first-order valence-electron chi connectivity index (χ1n) is 7.47. The summed E-state index contributed by atoms with van der Waals surface area (Å²) in [4.78, 5) is 2.52. The van der Waals surface area contributed by atoms with Crippen molar-refractivity contribution in [2.45, 2.75) is 53.1 Å². The minimum atomic E-state index is 0.450. The van der Waals surface area contributed by atoms with Crippen LogP contribution in [0.15, 0.2) is 18.2 Å². The minimum Gasteiger partial charge on any atom is -0.313 e. The van der Waals surface area contributed by atoms with Crippen molar-refractivity contribution in [3.63, 3.8) is 0 Å². The average Bonchev–Trinajstić information content (AvgIpc) is 2.33. The molecule has 0 radical (unpaired) electrons. The Morgan fingerprint density at radius 1 is 1.11 bits per heavy atom. The molecule has 19 heavy (non-hydrogen) atoms. The smallest absolute Gasteiger partial charge is 0.0329 e. The Kier molecular flexibility index (Phi) is 6.53. The molecule has 0 bridgehead atoms. The van der Waals surface area contributed by atoms with Crippen LogP contribution in [0.2, 0.25) is 0 Å². The van der Waals surface area contributed by atoms with Crippen LogP contribution in [-0.2, 0) is 0 Å². The number of nitrogens with zero attached hydrogens (tertiary/aromatic N) is 1. The standard InChI is InChI=1S/C17H30N2/c1-7-19(13(2)3)9-8-17(18-6)16-11-14(4)10-15(5)12-16/h10-13,17-18H,7-9H2,1-6H3. The normalized spacial score (nSPS) is 13.3. The molecule has 2 nitrogen and oxygen atoms in total. The van der Waals surface area contributed by atoms with E-state index >= 15 is 0 Å². The molecule has 1 aromatic carbocycles. The molecule has 0 amide bonds. The van der Waals surface area contributed by atoms with Gasteiger partial charge in [-0.3, -0.25) is 0 Å². The molecule has 0 spiro atoms. The van der Waals surface area contributed by atoms with Crippen molar-refractivity contribution < 1.29 is 0 Å². The first kappa shape index (κ1) is 16.2. The summed E-state index contributed by atoms with van der Waals surface area (Å²) in [5.74, 6) is 0. The molecule has 0 aromatic heterocycles. The van der Waals surface area contributed by atoms with Gasteiger partial charge in [0.25, 0.3) is 0 Å². The van der Waals surface area contributed by atoms with Crippen LogP contribution >= 0.6 is 0 Å². The van der Waals surface area contributed by atoms with E-state index in [9.17, 15) is 0 Å². The number of aryl methyl sites for hydroxylation is 2. The summed E-state index contributed by atoms with van der Waals surface area (Å²) in [5, 5.41) is 3.46. The number of hydrogen-bond acceptors (Lipinski definition) is 2. The van der Waals surface area contributed by atoms with Gasteiger partial charge in [0.15, 0.2) is 0 Å². The van der Waals surface area contributed by atoms with Crippen molar-refractivity contribution in [2.24, 2.45) is 0 Å². The highest BCUT2D eigenvalue weighted by molar-refractivity contribution is 5.30. The van der Waals surface area contributed by atoms with E-state index in [0.29, 0.717) is 12.1 Å². The van der Waals surface area contributed by atoms with Crippen molar-refractivity contribution in [2.75, 3.05) is 20.1 Å². The summed E-state index contributed by atoms with van der Waals surface area (Å²) in [5.41, 5.74) is 4.12.